The zero-order valence-electron chi connectivity index (χ0n) is 8.26. The Labute approximate surface area is 98.9 Å². The van der Waals surface area contributed by atoms with Crippen molar-refractivity contribution < 1.29 is 4.79 Å². The first kappa shape index (κ1) is 12.1. The van der Waals surface area contributed by atoms with Gasteiger partial charge in [0.15, 0.2) is 0 Å². The van der Waals surface area contributed by atoms with E-state index in [0.717, 1.165) is 5.56 Å². The minimum Gasteiger partial charge on any atom is -0.346 e. The lowest BCUT2D eigenvalue weighted by atomic mass is 10.1. The second kappa shape index (κ2) is 5.19. The summed E-state index contributed by atoms with van der Waals surface area (Å²) in [4.78, 5) is 11.1. The van der Waals surface area contributed by atoms with E-state index < -0.39 is 0 Å². The van der Waals surface area contributed by atoms with Crippen molar-refractivity contribution in [2.75, 3.05) is 0 Å². The predicted octanol–water partition coefficient (Wildman–Crippen LogP) is 3.36. The molecule has 0 aliphatic carbocycles. The van der Waals surface area contributed by atoms with E-state index in [4.69, 9.17) is 23.2 Å². The van der Waals surface area contributed by atoms with Gasteiger partial charge in [0.1, 0.15) is 0 Å². The summed E-state index contributed by atoms with van der Waals surface area (Å²) in [5.74, 6) is -0.228. The molecule has 1 amide bonds. The van der Waals surface area contributed by atoms with Crippen LogP contribution in [0.4, 0.5) is 0 Å². The summed E-state index contributed by atoms with van der Waals surface area (Å²) in [5, 5.41) is 3.84. The highest BCUT2D eigenvalue weighted by Gasteiger charge is 2.10. The molecule has 0 radical (unpaired) electrons. The van der Waals surface area contributed by atoms with Gasteiger partial charge in [-0.1, -0.05) is 35.8 Å². The predicted molar refractivity (Wildman–Crippen MR) is 63.2 cm³/mol. The first-order valence-corrected chi connectivity index (χ1v) is 5.18. The lowest BCUT2D eigenvalue weighted by Gasteiger charge is -2.14. The molecule has 80 valence electrons. The summed E-state index contributed by atoms with van der Waals surface area (Å²) in [6.45, 7) is 5.22. The standard InChI is InChI=1S/C11H11Cl2NO/c1-3-11(15)14-7(2)9-5-4-8(12)6-10(9)13/h3-7H,1H2,2H3,(H,14,15). The summed E-state index contributed by atoms with van der Waals surface area (Å²) in [6.07, 6.45) is 1.22. The second-order valence-corrected chi connectivity index (χ2v) is 3.94. The van der Waals surface area contributed by atoms with Crippen molar-refractivity contribution in [3.05, 3.63) is 46.5 Å². The third-order valence-electron chi connectivity index (χ3n) is 1.97. The molecule has 0 aliphatic heterocycles. The Bertz CT molecular complexity index is 390. The van der Waals surface area contributed by atoms with Crippen LogP contribution in [0.15, 0.2) is 30.9 Å². The summed E-state index contributed by atoms with van der Waals surface area (Å²) < 4.78 is 0. The monoisotopic (exact) mass is 243 g/mol. The quantitative estimate of drug-likeness (QED) is 0.811. The van der Waals surface area contributed by atoms with Crippen LogP contribution in [0.1, 0.15) is 18.5 Å². The van der Waals surface area contributed by atoms with Crippen molar-refractivity contribution in [3.8, 4) is 0 Å². The molecule has 0 saturated carbocycles. The maximum Gasteiger partial charge on any atom is 0.243 e. The van der Waals surface area contributed by atoms with Crippen LogP contribution < -0.4 is 5.32 Å². The molecule has 0 heterocycles. The lowest BCUT2D eigenvalue weighted by molar-refractivity contribution is -0.117. The molecule has 1 N–H and O–H groups in total. The van der Waals surface area contributed by atoms with Crippen molar-refractivity contribution in [2.45, 2.75) is 13.0 Å². The maximum atomic E-state index is 11.1. The topological polar surface area (TPSA) is 29.1 Å². The number of rotatable bonds is 3. The minimum absolute atomic E-state index is 0.166. The Balaban J connectivity index is 2.86. The second-order valence-electron chi connectivity index (χ2n) is 3.10. The number of nitrogens with one attached hydrogen (secondary N) is 1. The van der Waals surface area contributed by atoms with Crippen molar-refractivity contribution in [1.29, 1.82) is 0 Å². The van der Waals surface area contributed by atoms with Gasteiger partial charge in [0.05, 0.1) is 6.04 Å². The van der Waals surface area contributed by atoms with E-state index in [1.165, 1.54) is 6.08 Å². The van der Waals surface area contributed by atoms with Crippen LogP contribution >= 0.6 is 23.2 Å². The Morgan fingerprint density at radius 1 is 1.53 bits per heavy atom. The zero-order valence-corrected chi connectivity index (χ0v) is 9.77. The third-order valence-corrected chi connectivity index (χ3v) is 2.54. The Kier molecular flexibility index (Phi) is 4.18. The molecule has 0 aromatic heterocycles. The molecule has 15 heavy (non-hydrogen) atoms. The summed E-state index contributed by atoms with van der Waals surface area (Å²) in [7, 11) is 0. The van der Waals surface area contributed by atoms with Gasteiger partial charge in [-0.2, -0.15) is 0 Å². The molecular formula is C11H11Cl2NO. The van der Waals surface area contributed by atoms with E-state index in [9.17, 15) is 4.79 Å². The van der Waals surface area contributed by atoms with Gasteiger partial charge in [-0.05, 0) is 30.7 Å². The van der Waals surface area contributed by atoms with Gasteiger partial charge in [-0.3, -0.25) is 4.79 Å². The van der Waals surface area contributed by atoms with Gasteiger partial charge in [-0.15, -0.1) is 0 Å². The average Bonchev–Trinajstić information content (AvgIpc) is 2.17. The van der Waals surface area contributed by atoms with E-state index in [1.807, 2.05) is 6.92 Å². The maximum absolute atomic E-state index is 11.1. The number of carbonyl (C=O) groups excluding carboxylic acids is 1. The number of amides is 1. The van der Waals surface area contributed by atoms with Crippen LogP contribution in [0.5, 0.6) is 0 Å². The zero-order chi connectivity index (χ0) is 11.4. The van der Waals surface area contributed by atoms with Gasteiger partial charge in [0.25, 0.3) is 0 Å². The molecular weight excluding hydrogens is 233 g/mol. The van der Waals surface area contributed by atoms with Crippen LogP contribution in [0.2, 0.25) is 10.0 Å². The molecule has 1 unspecified atom stereocenters. The van der Waals surface area contributed by atoms with E-state index in [2.05, 4.69) is 11.9 Å². The largest absolute Gasteiger partial charge is 0.346 e. The van der Waals surface area contributed by atoms with Gasteiger partial charge >= 0.3 is 0 Å². The molecule has 4 heteroatoms. The fourth-order valence-corrected chi connectivity index (χ4v) is 1.77. The molecule has 0 saturated heterocycles. The molecule has 1 aromatic carbocycles. The lowest BCUT2D eigenvalue weighted by Crippen LogP contribution is -2.24. The number of hydrogen-bond donors (Lipinski definition) is 1. The molecule has 1 aromatic rings. The Morgan fingerprint density at radius 3 is 2.73 bits per heavy atom. The van der Waals surface area contributed by atoms with Crippen molar-refractivity contribution in [3.63, 3.8) is 0 Å². The van der Waals surface area contributed by atoms with E-state index >= 15 is 0 Å². The molecule has 0 fully saturated rings. The third kappa shape index (κ3) is 3.26. The van der Waals surface area contributed by atoms with Crippen LogP contribution in [0, 0.1) is 0 Å². The fraction of sp³-hybridized carbons (Fsp3) is 0.182. The van der Waals surface area contributed by atoms with Crippen LogP contribution in [0.25, 0.3) is 0 Å². The first-order chi connectivity index (χ1) is 7.04. The van der Waals surface area contributed by atoms with E-state index in [-0.39, 0.29) is 11.9 Å². The SMILES string of the molecule is C=CC(=O)NC(C)c1ccc(Cl)cc1Cl. The fourth-order valence-electron chi connectivity index (χ4n) is 1.20. The molecule has 1 rings (SSSR count). The summed E-state index contributed by atoms with van der Waals surface area (Å²) >= 11 is 11.8. The first-order valence-electron chi connectivity index (χ1n) is 4.42. The van der Waals surface area contributed by atoms with Crippen LogP contribution in [-0.2, 0) is 4.79 Å². The van der Waals surface area contributed by atoms with Gasteiger partial charge in [-0.25, -0.2) is 0 Å². The molecule has 2 nitrogen and oxygen atoms in total. The molecule has 0 bridgehead atoms. The molecule has 1 atom stereocenters. The summed E-state index contributed by atoms with van der Waals surface area (Å²) in [6, 6.07) is 5.01. The highest BCUT2D eigenvalue weighted by molar-refractivity contribution is 6.35. The number of halogens is 2. The number of hydrogen-bond acceptors (Lipinski definition) is 1. The van der Waals surface area contributed by atoms with E-state index in [1.54, 1.807) is 18.2 Å². The average molecular weight is 244 g/mol. The van der Waals surface area contributed by atoms with Crippen molar-refractivity contribution in [2.24, 2.45) is 0 Å². The smallest absolute Gasteiger partial charge is 0.243 e. The van der Waals surface area contributed by atoms with E-state index in [0.29, 0.717) is 10.0 Å². The number of carbonyl (C=O) groups is 1. The highest BCUT2D eigenvalue weighted by atomic mass is 35.5. The van der Waals surface area contributed by atoms with Crippen LogP contribution in [-0.4, -0.2) is 5.91 Å². The van der Waals surface area contributed by atoms with Crippen molar-refractivity contribution in [1.82, 2.24) is 5.32 Å². The number of benzene rings is 1. The highest BCUT2D eigenvalue weighted by Crippen LogP contribution is 2.25. The van der Waals surface area contributed by atoms with Gasteiger partial charge in [0, 0.05) is 10.0 Å². The Morgan fingerprint density at radius 2 is 2.20 bits per heavy atom. The van der Waals surface area contributed by atoms with Crippen molar-refractivity contribution >= 4 is 29.1 Å². The minimum atomic E-state index is -0.228. The normalized spacial score (nSPS) is 11.9. The molecule has 0 spiro atoms. The van der Waals surface area contributed by atoms with Gasteiger partial charge < -0.3 is 5.32 Å². The van der Waals surface area contributed by atoms with Crippen LogP contribution in [0.3, 0.4) is 0 Å². The summed E-state index contributed by atoms with van der Waals surface area (Å²) in [5.41, 5.74) is 0.830. The Hall–Kier alpha value is -0.990. The molecule has 0 aliphatic rings. The van der Waals surface area contributed by atoms with Gasteiger partial charge in [0.2, 0.25) is 5.91 Å².